The number of nitrogens with one attached hydrogen (secondary N) is 1. The number of unbranched alkanes of at least 4 members (excludes halogenated alkanes) is 1. The van der Waals surface area contributed by atoms with E-state index < -0.39 is 17.3 Å². The summed E-state index contributed by atoms with van der Waals surface area (Å²) in [4.78, 5) is 26.4. The second kappa shape index (κ2) is 12.5. The second-order valence-corrected chi connectivity index (χ2v) is 9.84. The van der Waals surface area contributed by atoms with Crippen molar-refractivity contribution in [1.82, 2.24) is 5.32 Å². The number of urea groups is 1. The second-order valence-electron chi connectivity index (χ2n) is 9.84. The number of anilines is 1. The van der Waals surface area contributed by atoms with Gasteiger partial charge in [-0.25, -0.2) is 14.0 Å². The van der Waals surface area contributed by atoms with E-state index >= 15 is 0 Å². The lowest BCUT2D eigenvalue weighted by Gasteiger charge is -2.29. The number of rotatable bonds is 9. The number of benzene rings is 3. The van der Waals surface area contributed by atoms with E-state index in [-0.39, 0.29) is 18.6 Å². The number of aryl methyl sites for hydroxylation is 1. The highest BCUT2D eigenvalue weighted by Crippen LogP contribution is 2.25. The van der Waals surface area contributed by atoms with Crippen LogP contribution in [0.4, 0.5) is 14.9 Å². The summed E-state index contributed by atoms with van der Waals surface area (Å²) in [6.45, 7) is 2.43. The molecule has 6 heteroatoms. The number of nitrogens with zero attached hydrogens (tertiary/aromatic N) is 1. The van der Waals surface area contributed by atoms with Gasteiger partial charge in [0.1, 0.15) is 5.82 Å². The molecule has 5 nitrogen and oxygen atoms in total. The first-order valence-corrected chi connectivity index (χ1v) is 13.2. The van der Waals surface area contributed by atoms with Crippen LogP contribution in [0, 0.1) is 5.82 Å². The molecule has 0 aromatic heterocycles. The van der Waals surface area contributed by atoms with Crippen LogP contribution in [0.5, 0.6) is 0 Å². The molecular weight excluding hydrogens is 467 g/mol. The number of amides is 2. The normalized spacial score (nSPS) is 13.8. The molecule has 2 amide bonds. The molecule has 1 aliphatic carbocycles. The van der Waals surface area contributed by atoms with E-state index in [1.165, 1.54) is 41.9 Å². The zero-order chi connectivity index (χ0) is 26.2. The molecule has 1 saturated carbocycles. The molecule has 1 fully saturated rings. The first-order chi connectivity index (χ1) is 17.9. The predicted octanol–water partition coefficient (Wildman–Crippen LogP) is 7.58. The maximum atomic E-state index is 14.1. The molecule has 0 radical (unpaired) electrons. The van der Waals surface area contributed by atoms with Crippen molar-refractivity contribution in [3.05, 3.63) is 89.2 Å². The van der Waals surface area contributed by atoms with Crippen LogP contribution < -0.4 is 10.2 Å². The lowest BCUT2D eigenvalue weighted by atomic mass is 9.96. The van der Waals surface area contributed by atoms with E-state index in [0.717, 1.165) is 54.9 Å². The van der Waals surface area contributed by atoms with Gasteiger partial charge in [0, 0.05) is 11.7 Å². The average molecular weight is 503 g/mol. The molecule has 0 atom stereocenters. The Labute approximate surface area is 218 Å². The Bertz CT molecular complexity index is 1200. The third kappa shape index (κ3) is 6.97. The minimum absolute atomic E-state index is 0.0887. The summed E-state index contributed by atoms with van der Waals surface area (Å²) < 4.78 is 14.1. The van der Waals surface area contributed by atoms with Crippen LogP contribution in [-0.4, -0.2) is 23.1 Å². The number of hydrogen-bond acceptors (Lipinski definition) is 2. The molecule has 0 spiro atoms. The monoisotopic (exact) mass is 502 g/mol. The van der Waals surface area contributed by atoms with Gasteiger partial charge < -0.3 is 10.4 Å². The van der Waals surface area contributed by atoms with Crippen molar-refractivity contribution in [2.45, 2.75) is 70.9 Å². The molecule has 2 N–H and O–H groups in total. The fraction of sp³-hybridized carbons (Fsp3) is 0.355. The van der Waals surface area contributed by atoms with Crippen molar-refractivity contribution >= 4 is 17.7 Å². The van der Waals surface area contributed by atoms with Crippen LogP contribution in [0.25, 0.3) is 11.1 Å². The van der Waals surface area contributed by atoms with Gasteiger partial charge in [0.25, 0.3) is 0 Å². The fourth-order valence-electron chi connectivity index (χ4n) is 4.85. The zero-order valence-corrected chi connectivity index (χ0v) is 21.4. The molecule has 0 saturated heterocycles. The van der Waals surface area contributed by atoms with Crippen molar-refractivity contribution in [1.29, 1.82) is 0 Å². The van der Waals surface area contributed by atoms with Crippen LogP contribution in [0.3, 0.4) is 0 Å². The standard InChI is InChI=1S/C31H35FN2O3/c1-2-3-7-22-10-14-24(15-11-22)25-16-12-23(13-17-25)21-34(31(37)33-26-8-5-4-6-9-26)27-18-19-29(32)28(20-27)30(35)36/h10-20,26H,2-9,21H2,1H3,(H,33,37)(H,35,36). The predicted molar refractivity (Wildman–Crippen MR) is 145 cm³/mol. The van der Waals surface area contributed by atoms with E-state index in [4.69, 9.17) is 0 Å². The molecule has 3 aromatic rings. The van der Waals surface area contributed by atoms with Gasteiger partial charge in [0.15, 0.2) is 0 Å². The van der Waals surface area contributed by atoms with Gasteiger partial charge in [-0.05, 0) is 66.1 Å². The number of carbonyl (C=O) groups is 2. The first-order valence-electron chi connectivity index (χ1n) is 13.2. The van der Waals surface area contributed by atoms with Crippen LogP contribution in [-0.2, 0) is 13.0 Å². The number of carbonyl (C=O) groups excluding carboxylic acids is 1. The Kier molecular flexibility index (Phi) is 8.94. The summed E-state index contributed by atoms with van der Waals surface area (Å²) in [5.41, 5.74) is 4.33. The van der Waals surface area contributed by atoms with Crippen LogP contribution >= 0.6 is 0 Å². The maximum absolute atomic E-state index is 14.1. The summed E-state index contributed by atoms with van der Waals surface area (Å²) >= 11 is 0. The SMILES string of the molecule is CCCCc1ccc(-c2ccc(CN(C(=O)NC3CCCCC3)c3ccc(F)c(C(=O)O)c3)cc2)cc1. The Balaban J connectivity index is 1.54. The number of carboxylic acid groups (broad SMARTS) is 1. The van der Waals surface area contributed by atoms with Gasteiger partial charge in [0.05, 0.1) is 12.1 Å². The maximum Gasteiger partial charge on any atom is 0.338 e. The number of halogens is 1. The lowest BCUT2D eigenvalue weighted by molar-refractivity contribution is 0.0692. The highest BCUT2D eigenvalue weighted by atomic mass is 19.1. The Morgan fingerprint density at radius 1 is 0.919 bits per heavy atom. The summed E-state index contributed by atoms with van der Waals surface area (Å²) in [6, 6.07) is 20.2. The molecule has 194 valence electrons. The molecular formula is C31H35FN2O3. The van der Waals surface area contributed by atoms with Crippen molar-refractivity contribution < 1.29 is 19.1 Å². The number of hydrogen-bond donors (Lipinski definition) is 2. The van der Waals surface area contributed by atoms with Crippen molar-refractivity contribution in [2.24, 2.45) is 0 Å². The summed E-state index contributed by atoms with van der Waals surface area (Å²) in [5.74, 6) is -2.19. The summed E-state index contributed by atoms with van der Waals surface area (Å²) in [6.07, 6.45) is 8.61. The topological polar surface area (TPSA) is 69.6 Å². The smallest absolute Gasteiger partial charge is 0.338 e. The Morgan fingerprint density at radius 3 is 2.14 bits per heavy atom. The largest absolute Gasteiger partial charge is 0.478 e. The summed E-state index contributed by atoms with van der Waals surface area (Å²) in [7, 11) is 0. The first kappa shape index (κ1) is 26.4. The molecule has 0 aliphatic heterocycles. The number of aromatic carboxylic acids is 1. The van der Waals surface area contributed by atoms with Gasteiger partial charge in [-0.3, -0.25) is 4.90 Å². The van der Waals surface area contributed by atoms with Gasteiger partial charge in [-0.1, -0.05) is 81.1 Å². The third-order valence-corrected chi connectivity index (χ3v) is 7.07. The van der Waals surface area contributed by atoms with Crippen molar-refractivity contribution in [2.75, 3.05) is 4.90 Å². The van der Waals surface area contributed by atoms with Crippen molar-refractivity contribution in [3.63, 3.8) is 0 Å². The molecule has 1 aliphatic rings. The van der Waals surface area contributed by atoms with E-state index in [2.05, 4.69) is 36.5 Å². The van der Waals surface area contributed by atoms with Gasteiger partial charge >= 0.3 is 12.0 Å². The zero-order valence-electron chi connectivity index (χ0n) is 21.4. The highest BCUT2D eigenvalue weighted by molar-refractivity contribution is 5.95. The minimum atomic E-state index is -1.36. The van der Waals surface area contributed by atoms with E-state index in [1.54, 1.807) is 0 Å². The third-order valence-electron chi connectivity index (χ3n) is 7.07. The Morgan fingerprint density at radius 2 is 1.54 bits per heavy atom. The minimum Gasteiger partial charge on any atom is -0.478 e. The van der Waals surface area contributed by atoms with Crippen LogP contribution in [0.2, 0.25) is 0 Å². The van der Waals surface area contributed by atoms with E-state index in [9.17, 15) is 19.1 Å². The molecule has 4 rings (SSSR count). The lowest BCUT2D eigenvalue weighted by Crippen LogP contribution is -2.45. The van der Waals surface area contributed by atoms with Gasteiger partial charge in [-0.2, -0.15) is 0 Å². The van der Waals surface area contributed by atoms with Crippen LogP contribution in [0.15, 0.2) is 66.7 Å². The molecule has 0 heterocycles. The van der Waals surface area contributed by atoms with Crippen molar-refractivity contribution in [3.8, 4) is 11.1 Å². The molecule has 3 aromatic carbocycles. The highest BCUT2D eigenvalue weighted by Gasteiger charge is 2.23. The van der Waals surface area contributed by atoms with E-state index in [0.29, 0.717) is 5.69 Å². The average Bonchev–Trinajstić information content (AvgIpc) is 2.92. The van der Waals surface area contributed by atoms with Gasteiger partial charge in [-0.15, -0.1) is 0 Å². The van der Waals surface area contributed by atoms with Crippen LogP contribution in [0.1, 0.15) is 73.4 Å². The number of carboxylic acids is 1. The van der Waals surface area contributed by atoms with E-state index in [1.807, 2.05) is 24.3 Å². The molecule has 37 heavy (non-hydrogen) atoms. The fourth-order valence-corrected chi connectivity index (χ4v) is 4.85. The summed E-state index contributed by atoms with van der Waals surface area (Å²) in [5, 5.41) is 12.5. The quantitative estimate of drug-likeness (QED) is 0.317. The van der Waals surface area contributed by atoms with Gasteiger partial charge in [0.2, 0.25) is 0 Å². The molecule has 0 unspecified atom stereocenters. The molecule has 0 bridgehead atoms. The Hall–Kier alpha value is -3.67.